The maximum Gasteiger partial charge on any atom is 0.224 e. The maximum atomic E-state index is 10.6. The van der Waals surface area contributed by atoms with Gasteiger partial charge in [0.1, 0.15) is 12.1 Å². The first-order chi connectivity index (χ1) is 8.70. The van der Waals surface area contributed by atoms with E-state index in [4.69, 9.17) is 11.6 Å². The number of halogens is 2. The number of rotatable bonds is 4. The number of nitrogens with one attached hydrogen (secondary N) is 1. The summed E-state index contributed by atoms with van der Waals surface area (Å²) in [6.07, 6.45) is 2.78. The summed E-state index contributed by atoms with van der Waals surface area (Å²) in [5.41, 5.74) is 1.72. The highest BCUT2D eigenvalue weighted by atomic mass is 79.9. The zero-order valence-corrected chi connectivity index (χ0v) is 11.6. The third-order valence-electron chi connectivity index (χ3n) is 2.29. The summed E-state index contributed by atoms with van der Waals surface area (Å²) in [5, 5.41) is 3.29. The molecule has 0 aliphatic heterocycles. The number of aromatic nitrogens is 2. The van der Waals surface area contributed by atoms with E-state index in [1.54, 1.807) is 6.20 Å². The Morgan fingerprint density at radius 1 is 1.39 bits per heavy atom. The number of benzene rings is 1. The van der Waals surface area contributed by atoms with Crippen LogP contribution in [0.25, 0.3) is 0 Å². The number of carbonyl (C=O) groups is 1. The van der Waals surface area contributed by atoms with Crippen molar-refractivity contribution < 1.29 is 4.79 Å². The Balaban J connectivity index is 2.33. The lowest BCUT2D eigenvalue weighted by Crippen LogP contribution is -2.00. The van der Waals surface area contributed by atoms with Gasteiger partial charge in [0.15, 0.2) is 0 Å². The van der Waals surface area contributed by atoms with Gasteiger partial charge in [0.25, 0.3) is 0 Å². The van der Waals surface area contributed by atoms with Gasteiger partial charge in [-0.2, -0.15) is 4.98 Å². The number of hydrogen-bond donors (Lipinski definition) is 1. The predicted octanol–water partition coefficient (Wildman–Crippen LogP) is 3.38. The number of anilines is 2. The predicted molar refractivity (Wildman–Crippen MR) is 74.2 cm³/mol. The molecule has 1 aromatic heterocycles. The van der Waals surface area contributed by atoms with Crippen molar-refractivity contribution >= 4 is 45.3 Å². The summed E-state index contributed by atoms with van der Waals surface area (Å²) in [6, 6.07) is 7.52. The van der Waals surface area contributed by atoms with Crippen molar-refractivity contribution in [2.75, 3.05) is 5.32 Å². The largest absolute Gasteiger partial charge is 0.339 e. The average molecular weight is 327 g/mol. The number of hydrogen-bond acceptors (Lipinski definition) is 4. The molecule has 0 radical (unpaired) electrons. The van der Waals surface area contributed by atoms with Crippen LogP contribution in [-0.2, 0) is 11.2 Å². The minimum absolute atomic E-state index is 0.161. The molecule has 0 bridgehead atoms. The van der Waals surface area contributed by atoms with Gasteiger partial charge < -0.3 is 10.1 Å². The van der Waals surface area contributed by atoms with Crippen molar-refractivity contribution in [3.05, 3.63) is 45.8 Å². The number of para-hydroxylation sites is 1. The van der Waals surface area contributed by atoms with E-state index in [-0.39, 0.29) is 5.28 Å². The van der Waals surface area contributed by atoms with Gasteiger partial charge in [0.2, 0.25) is 5.28 Å². The Morgan fingerprint density at radius 2 is 2.17 bits per heavy atom. The Hall–Kier alpha value is -1.46. The smallest absolute Gasteiger partial charge is 0.224 e. The molecule has 18 heavy (non-hydrogen) atoms. The SMILES string of the molecule is O=CCc1ccccc1Nc1nc(Cl)ncc1Br. The highest BCUT2D eigenvalue weighted by Gasteiger charge is 2.07. The molecule has 1 heterocycles. The van der Waals surface area contributed by atoms with Crippen LogP contribution in [0.15, 0.2) is 34.9 Å². The minimum Gasteiger partial charge on any atom is -0.339 e. The molecule has 0 amide bonds. The summed E-state index contributed by atoms with van der Waals surface area (Å²) >= 11 is 9.08. The zero-order chi connectivity index (χ0) is 13.0. The van der Waals surface area contributed by atoms with Crippen LogP contribution in [0.2, 0.25) is 5.28 Å². The highest BCUT2D eigenvalue weighted by Crippen LogP contribution is 2.26. The second kappa shape index (κ2) is 5.93. The summed E-state index contributed by atoms with van der Waals surface area (Å²) in [5.74, 6) is 0.563. The number of carbonyl (C=O) groups excluding carboxylic acids is 1. The molecule has 6 heteroatoms. The molecule has 0 fully saturated rings. The third kappa shape index (κ3) is 3.05. The molecule has 0 aliphatic carbocycles. The number of aldehydes is 1. The summed E-state index contributed by atoms with van der Waals surface area (Å²) in [6.45, 7) is 0. The highest BCUT2D eigenvalue weighted by molar-refractivity contribution is 9.10. The summed E-state index contributed by atoms with van der Waals surface area (Å²) in [4.78, 5) is 18.5. The van der Waals surface area contributed by atoms with Crippen LogP contribution in [0.4, 0.5) is 11.5 Å². The van der Waals surface area contributed by atoms with Gasteiger partial charge in [-0.05, 0) is 39.2 Å². The molecule has 0 saturated carbocycles. The van der Waals surface area contributed by atoms with E-state index in [9.17, 15) is 4.79 Å². The minimum atomic E-state index is 0.161. The molecule has 0 saturated heterocycles. The topological polar surface area (TPSA) is 54.9 Å². The number of nitrogens with zero attached hydrogens (tertiary/aromatic N) is 2. The van der Waals surface area contributed by atoms with Crippen LogP contribution in [0.3, 0.4) is 0 Å². The normalized spacial score (nSPS) is 10.1. The van der Waals surface area contributed by atoms with Crippen LogP contribution >= 0.6 is 27.5 Å². The maximum absolute atomic E-state index is 10.6. The fraction of sp³-hybridized carbons (Fsp3) is 0.0833. The van der Waals surface area contributed by atoms with Crippen molar-refractivity contribution in [1.29, 1.82) is 0 Å². The second-order valence-corrected chi connectivity index (χ2v) is 4.68. The molecule has 0 aliphatic rings. The van der Waals surface area contributed by atoms with Crippen molar-refractivity contribution in [2.45, 2.75) is 6.42 Å². The van der Waals surface area contributed by atoms with Gasteiger partial charge in [0.05, 0.1) is 4.47 Å². The van der Waals surface area contributed by atoms with Gasteiger partial charge in [0, 0.05) is 18.3 Å². The quantitative estimate of drug-likeness (QED) is 0.691. The van der Waals surface area contributed by atoms with E-state index >= 15 is 0 Å². The van der Waals surface area contributed by atoms with Crippen molar-refractivity contribution in [3.8, 4) is 0 Å². The molecule has 92 valence electrons. The first-order valence-corrected chi connectivity index (χ1v) is 6.34. The van der Waals surface area contributed by atoms with Gasteiger partial charge in [-0.3, -0.25) is 0 Å². The Bertz CT molecular complexity index is 577. The molecular weight excluding hydrogens is 318 g/mol. The molecule has 2 aromatic rings. The van der Waals surface area contributed by atoms with E-state index in [1.165, 1.54) is 0 Å². The van der Waals surface area contributed by atoms with Gasteiger partial charge in [-0.15, -0.1) is 0 Å². The van der Waals surface area contributed by atoms with Crippen molar-refractivity contribution in [2.24, 2.45) is 0 Å². The summed E-state index contributed by atoms with van der Waals surface area (Å²) < 4.78 is 0.702. The second-order valence-electron chi connectivity index (χ2n) is 3.49. The molecular formula is C12H9BrClN3O. The Kier molecular flexibility index (Phi) is 4.28. The first kappa shape index (κ1) is 13.0. The van der Waals surface area contributed by atoms with Gasteiger partial charge in [-0.25, -0.2) is 4.98 Å². The Morgan fingerprint density at radius 3 is 2.94 bits per heavy atom. The fourth-order valence-corrected chi connectivity index (χ4v) is 1.89. The van der Waals surface area contributed by atoms with Crippen LogP contribution in [0, 0.1) is 0 Å². The lowest BCUT2D eigenvalue weighted by molar-refractivity contribution is -0.107. The third-order valence-corrected chi connectivity index (χ3v) is 3.05. The molecule has 4 nitrogen and oxygen atoms in total. The van der Waals surface area contributed by atoms with Crippen molar-refractivity contribution in [1.82, 2.24) is 9.97 Å². The Labute approximate surface area is 118 Å². The van der Waals surface area contributed by atoms with Gasteiger partial charge >= 0.3 is 0 Å². The first-order valence-electron chi connectivity index (χ1n) is 5.17. The van der Waals surface area contributed by atoms with Crippen molar-refractivity contribution in [3.63, 3.8) is 0 Å². The van der Waals surface area contributed by atoms with E-state index in [0.29, 0.717) is 16.7 Å². The lowest BCUT2D eigenvalue weighted by atomic mass is 10.1. The van der Waals surface area contributed by atoms with Crippen LogP contribution in [0.1, 0.15) is 5.56 Å². The van der Waals surface area contributed by atoms with Crippen LogP contribution in [0.5, 0.6) is 0 Å². The molecule has 0 atom stereocenters. The lowest BCUT2D eigenvalue weighted by Gasteiger charge is -2.10. The van der Waals surface area contributed by atoms with E-state index in [2.05, 4.69) is 31.2 Å². The molecule has 2 rings (SSSR count). The molecule has 0 unspecified atom stereocenters. The monoisotopic (exact) mass is 325 g/mol. The average Bonchev–Trinajstić information content (AvgIpc) is 2.36. The van der Waals surface area contributed by atoms with Crippen LogP contribution < -0.4 is 5.32 Å². The van der Waals surface area contributed by atoms with E-state index < -0.39 is 0 Å². The molecule has 0 spiro atoms. The van der Waals surface area contributed by atoms with E-state index in [1.807, 2.05) is 24.3 Å². The standard InChI is InChI=1S/C12H9BrClN3O/c13-9-7-15-12(14)17-11(9)16-10-4-2-1-3-8(10)5-6-18/h1-4,6-7H,5H2,(H,15,16,17). The van der Waals surface area contributed by atoms with Crippen LogP contribution in [-0.4, -0.2) is 16.3 Å². The zero-order valence-electron chi connectivity index (χ0n) is 9.23. The van der Waals surface area contributed by atoms with Gasteiger partial charge in [-0.1, -0.05) is 18.2 Å². The fourth-order valence-electron chi connectivity index (χ4n) is 1.47. The summed E-state index contributed by atoms with van der Waals surface area (Å²) in [7, 11) is 0. The molecule has 1 aromatic carbocycles. The van der Waals surface area contributed by atoms with E-state index in [0.717, 1.165) is 17.5 Å². The molecule has 1 N–H and O–H groups in total.